The zero-order chi connectivity index (χ0) is 14.8. The lowest BCUT2D eigenvalue weighted by molar-refractivity contribution is 0.598. The third-order valence-electron chi connectivity index (χ3n) is 3.03. The Morgan fingerprint density at radius 1 is 1.35 bits per heavy atom. The minimum absolute atomic E-state index is 0.00232. The Morgan fingerprint density at radius 3 is 2.65 bits per heavy atom. The van der Waals surface area contributed by atoms with E-state index in [4.69, 9.17) is 5.73 Å². The second-order valence-corrected chi connectivity index (χ2v) is 6.04. The van der Waals surface area contributed by atoms with Gasteiger partial charge in [0.15, 0.2) is 5.03 Å². The lowest BCUT2D eigenvalue weighted by Crippen LogP contribution is -2.13. The number of imidazole rings is 1. The van der Waals surface area contributed by atoms with Gasteiger partial charge < -0.3 is 10.3 Å². The maximum atomic E-state index is 12.2. The van der Waals surface area contributed by atoms with E-state index in [0.29, 0.717) is 17.9 Å². The van der Waals surface area contributed by atoms with Crippen molar-refractivity contribution in [2.75, 3.05) is 10.5 Å². The van der Waals surface area contributed by atoms with Crippen molar-refractivity contribution in [3.63, 3.8) is 0 Å². The van der Waals surface area contributed by atoms with Crippen molar-refractivity contribution in [2.45, 2.75) is 31.8 Å². The number of nitrogen functional groups attached to an aromatic ring is 1. The molecule has 0 bridgehead atoms. The number of nitrogens with one attached hydrogen (secondary N) is 1. The van der Waals surface area contributed by atoms with Crippen LogP contribution in [0.15, 0.2) is 35.7 Å². The van der Waals surface area contributed by atoms with E-state index < -0.39 is 10.0 Å². The van der Waals surface area contributed by atoms with Crippen LogP contribution in [-0.2, 0) is 23.0 Å². The Kier molecular flexibility index (Phi) is 3.99. The lowest BCUT2D eigenvalue weighted by atomic mass is 10.1. The van der Waals surface area contributed by atoms with Gasteiger partial charge in [0.2, 0.25) is 0 Å². The maximum Gasteiger partial charge on any atom is 0.280 e. The highest BCUT2D eigenvalue weighted by atomic mass is 32.2. The number of hydrogen-bond donors (Lipinski definition) is 2. The monoisotopic (exact) mass is 294 g/mol. The number of aromatic nitrogens is 2. The first-order chi connectivity index (χ1) is 9.46. The van der Waals surface area contributed by atoms with E-state index in [1.807, 2.05) is 19.9 Å². The Labute approximate surface area is 118 Å². The molecule has 0 fully saturated rings. The number of nitrogens with zero attached hydrogens (tertiary/aromatic N) is 2. The molecule has 2 aromatic rings. The summed E-state index contributed by atoms with van der Waals surface area (Å²) in [5.41, 5.74) is 7.86. The standard InChI is InChI=1S/C13H18N4O2S/c1-3-10-5-6-11(7-12(10)14)16-20(18,19)13-8-17(4-2)9-15-13/h5-9,16H,3-4,14H2,1-2H3. The lowest BCUT2D eigenvalue weighted by Gasteiger charge is -2.09. The number of hydrogen-bond acceptors (Lipinski definition) is 4. The molecule has 0 atom stereocenters. The summed E-state index contributed by atoms with van der Waals surface area (Å²) in [6, 6.07) is 5.13. The third kappa shape index (κ3) is 2.93. The molecule has 0 unspecified atom stereocenters. The highest BCUT2D eigenvalue weighted by molar-refractivity contribution is 7.92. The topological polar surface area (TPSA) is 90.0 Å². The first-order valence-electron chi connectivity index (χ1n) is 6.39. The molecule has 108 valence electrons. The Hall–Kier alpha value is -2.02. The van der Waals surface area contributed by atoms with Crippen LogP contribution in [0.2, 0.25) is 0 Å². The van der Waals surface area contributed by atoms with Crippen molar-refractivity contribution >= 4 is 21.4 Å². The fourth-order valence-corrected chi connectivity index (χ4v) is 2.84. The fourth-order valence-electron chi connectivity index (χ4n) is 1.84. The van der Waals surface area contributed by atoms with Crippen LogP contribution in [0.3, 0.4) is 0 Å². The van der Waals surface area contributed by atoms with Crippen molar-refractivity contribution < 1.29 is 8.42 Å². The smallest absolute Gasteiger partial charge is 0.280 e. The predicted molar refractivity (Wildman–Crippen MR) is 78.9 cm³/mol. The van der Waals surface area contributed by atoms with Crippen LogP contribution in [-0.4, -0.2) is 18.0 Å². The van der Waals surface area contributed by atoms with E-state index in [-0.39, 0.29) is 5.03 Å². The molecule has 0 aliphatic carbocycles. The van der Waals surface area contributed by atoms with Crippen LogP contribution in [0.5, 0.6) is 0 Å². The van der Waals surface area contributed by atoms with Crippen molar-refractivity contribution in [1.29, 1.82) is 0 Å². The van der Waals surface area contributed by atoms with Crippen molar-refractivity contribution in [1.82, 2.24) is 9.55 Å². The van der Waals surface area contributed by atoms with Gasteiger partial charge in [0.05, 0.1) is 12.0 Å². The molecule has 7 heteroatoms. The average Bonchev–Trinajstić information content (AvgIpc) is 2.88. The zero-order valence-corrected chi connectivity index (χ0v) is 12.3. The molecule has 1 aromatic heterocycles. The second kappa shape index (κ2) is 5.54. The number of rotatable bonds is 5. The van der Waals surface area contributed by atoms with Crippen LogP contribution >= 0.6 is 0 Å². The van der Waals surface area contributed by atoms with Crippen molar-refractivity contribution in [2.24, 2.45) is 0 Å². The highest BCUT2D eigenvalue weighted by Gasteiger charge is 2.17. The summed E-state index contributed by atoms with van der Waals surface area (Å²) in [4.78, 5) is 3.89. The van der Waals surface area contributed by atoms with Crippen molar-refractivity contribution in [3.8, 4) is 0 Å². The molecule has 0 aliphatic heterocycles. The van der Waals surface area contributed by atoms with E-state index >= 15 is 0 Å². The highest BCUT2D eigenvalue weighted by Crippen LogP contribution is 2.21. The van der Waals surface area contributed by atoms with Gasteiger partial charge in [-0.25, -0.2) is 4.98 Å². The van der Waals surface area contributed by atoms with Gasteiger partial charge in [-0.1, -0.05) is 13.0 Å². The Bertz CT molecular complexity index is 707. The molecule has 1 heterocycles. The quantitative estimate of drug-likeness (QED) is 0.823. The SMILES string of the molecule is CCc1ccc(NS(=O)(=O)c2cn(CC)cn2)cc1N. The van der Waals surface area contributed by atoms with Gasteiger partial charge in [0.25, 0.3) is 10.0 Å². The molecular weight excluding hydrogens is 276 g/mol. The van der Waals surface area contributed by atoms with Gasteiger partial charge in [-0.2, -0.15) is 8.42 Å². The summed E-state index contributed by atoms with van der Waals surface area (Å²) in [6.45, 7) is 4.57. The van der Waals surface area contributed by atoms with Gasteiger partial charge in [-0.3, -0.25) is 4.72 Å². The Balaban J connectivity index is 2.26. The predicted octanol–water partition coefficient (Wildman–Crippen LogP) is 1.85. The van der Waals surface area contributed by atoms with E-state index in [0.717, 1.165) is 12.0 Å². The second-order valence-electron chi connectivity index (χ2n) is 4.41. The van der Waals surface area contributed by atoms with Crippen LogP contribution in [0.1, 0.15) is 19.4 Å². The van der Waals surface area contributed by atoms with Gasteiger partial charge in [-0.15, -0.1) is 0 Å². The normalized spacial score (nSPS) is 11.5. The molecule has 6 nitrogen and oxygen atoms in total. The fraction of sp³-hybridized carbons (Fsp3) is 0.308. The molecule has 3 N–H and O–H groups in total. The molecule has 2 rings (SSSR count). The molecule has 0 saturated carbocycles. The number of nitrogens with two attached hydrogens (primary N) is 1. The minimum atomic E-state index is -3.68. The van der Waals surface area contributed by atoms with Gasteiger partial charge >= 0.3 is 0 Å². The van der Waals surface area contributed by atoms with Gasteiger partial charge in [-0.05, 0) is 31.0 Å². The van der Waals surface area contributed by atoms with Crippen LogP contribution in [0, 0.1) is 0 Å². The van der Waals surface area contributed by atoms with Crippen LogP contribution in [0.25, 0.3) is 0 Å². The molecule has 20 heavy (non-hydrogen) atoms. The summed E-state index contributed by atoms with van der Waals surface area (Å²) in [6.07, 6.45) is 3.79. The number of benzene rings is 1. The number of anilines is 2. The van der Waals surface area contributed by atoms with E-state index in [1.54, 1.807) is 16.7 Å². The summed E-state index contributed by atoms with van der Waals surface area (Å²) in [5, 5.41) is -0.00232. The summed E-state index contributed by atoms with van der Waals surface area (Å²) in [7, 11) is -3.68. The summed E-state index contributed by atoms with van der Waals surface area (Å²) < 4.78 is 28.5. The summed E-state index contributed by atoms with van der Waals surface area (Å²) in [5.74, 6) is 0. The first-order valence-corrected chi connectivity index (χ1v) is 7.87. The minimum Gasteiger partial charge on any atom is -0.398 e. The number of sulfonamides is 1. The maximum absolute atomic E-state index is 12.2. The summed E-state index contributed by atoms with van der Waals surface area (Å²) >= 11 is 0. The van der Waals surface area contributed by atoms with Crippen LogP contribution in [0.4, 0.5) is 11.4 Å². The van der Waals surface area contributed by atoms with Crippen LogP contribution < -0.4 is 10.5 Å². The molecule has 0 amide bonds. The zero-order valence-electron chi connectivity index (χ0n) is 11.5. The molecule has 1 aromatic carbocycles. The third-order valence-corrected chi connectivity index (χ3v) is 4.29. The Morgan fingerprint density at radius 2 is 2.10 bits per heavy atom. The number of aryl methyl sites for hydroxylation is 2. The van der Waals surface area contributed by atoms with E-state index in [9.17, 15) is 8.42 Å². The van der Waals surface area contributed by atoms with E-state index in [2.05, 4.69) is 9.71 Å². The first kappa shape index (κ1) is 14.4. The largest absolute Gasteiger partial charge is 0.398 e. The molecule has 0 spiro atoms. The van der Waals surface area contributed by atoms with Gasteiger partial charge in [0.1, 0.15) is 0 Å². The van der Waals surface area contributed by atoms with Crippen molar-refractivity contribution in [3.05, 3.63) is 36.3 Å². The molecular formula is C13H18N4O2S. The average molecular weight is 294 g/mol. The van der Waals surface area contributed by atoms with E-state index in [1.165, 1.54) is 12.5 Å². The molecule has 0 aliphatic rings. The molecule has 0 saturated heterocycles. The molecule has 0 radical (unpaired) electrons. The van der Waals surface area contributed by atoms with Gasteiger partial charge in [0, 0.05) is 18.4 Å².